The largest absolute Gasteiger partial charge is 0.461 e. The molecule has 146 valence electrons. The molecule has 2 rings (SSSR count). The fourth-order valence-electron chi connectivity index (χ4n) is 2.52. The molecule has 0 unspecified atom stereocenters. The Morgan fingerprint density at radius 2 is 1.86 bits per heavy atom. The fourth-order valence-corrected chi connectivity index (χ4v) is 2.52. The summed E-state index contributed by atoms with van der Waals surface area (Å²) in [6.45, 7) is 4.07. The molecule has 0 bridgehead atoms. The van der Waals surface area contributed by atoms with Crippen LogP contribution in [0.3, 0.4) is 0 Å². The van der Waals surface area contributed by atoms with E-state index in [1.54, 1.807) is 19.1 Å². The van der Waals surface area contributed by atoms with Crippen molar-refractivity contribution in [3.05, 3.63) is 58.4 Å². The Morgan fingerprint density at radius 1 is 1.14 bits per heavy atom. The number of nitrogens with one attached hydrogen (secondary N) is 1. The number of ether oxygens (including phenoxy) is 2. The third-order valence-corrected chi connectivity index (χ3v) is 3.84. The Labute approximate surface area is 161 Å². The van der Waals surface area contributed by atoms with E-state index in [2.05, 4.69) is 10.3 Å². The number of aryl methyl sites for hydroxylation is 1. The van der Waals surface area contributed by atoms with Gasteiger partial charge in [-0.25, -0.2) is 0 Å². The number of carbonyl (C=O) groups excluding carboxylic acids is 4. The molecule has 28 heavy (non-hydrogen) atoms. The van der Waals surface area contributed by atoms with Gasteiger partial charge in [0.2, 0.25) is 0 Å². The normalized spacial score (nSPS) is 10.1. The predicted molar refractivity (Wildman–Crippen MR) is 98.8 cm³/mol. The van der Waals surface area contributed by atoms with E-state index >= 15 is 0 Å². The minimum absolute atomic E-state index is 0.0192. The van der Waals surface area contributed by atoms with Gasteiger partial charge in [-0.1, -0.05) is 18.2 Å². The summed E-state index contributed by atoms with van der Waals surface area (Å²) in [6, 6.07) is 6.37. The lowest BCUT2D eigenvalue weighted by atomic mass is 10.1. The molecule has 0 atom stereocenters. The van der Waals surface area contributed by atoms with Gasteiger partial charge >= 0.3 is 11.9 Å². The van der Waals surface area contributed by atoms with Crippen molar-refractivity contribution in [2.75, 3.05) is 0 Å². The number of hydrogen-bond donors (Lipinski definition) is 1. The second-order valence-electron chi connectivity index (χ2n) is 5.94. The average Bonchev–Trinajstić information content (AvgIpc) is 2.66. The van der Waals surface area contributed by atoms with Crippen LogP contribution < -0.4 is 10.1 Å². The summed E-state index contributed by atoms with van der Waals surface area (Å²) in [5.41, 5.74) is 1.87. The third-order valence-electron chi connectivity index (χ3n) is 3.84. The van der Waals surface area contributed by atoms with E-state index in [-0.39, 0.29) is 30.0 Å². The molecule has 0 spiro atoms. The first kappa shape index (κ1) is 20.8. The number of benzene rings is 1. The first-order chi connectivity index (χ1) is 13.3. The van der Waals surface area contributed by atoms with Gasteiger partial charge in [0.1, 0.15) is 6.61 Å². The first-order valence-electron chi connectivity index (χ1n) is 8.45. The van der Waals surface area contributed by atoms with Crippen LogP contribution in [0.15, 0.2) is 30.5 Å². The first-order valence-corrected chi connectivity index (χ1v) is 8.45. The van der Waals surface area contributed by atoms with Gasteiger partial charge in [-0.2, -0.15) is 0 Å². The van der Waals surface area contributed by atoms with Crippen LogP contribution in [0, 0.1) is 6.92 Å². The van der Waals surface area contributed by atoms with Crippen molar-refractivity contribution >= 4 is 24.1 Å². The van der Waals surface area contributed by atoms with Crippen molar-refractivity contribution in [1.29, 1.82) is 0 Å². The molecule has 0 aliphatic rings. The van der Waals surface area contributed by atoms with E-state index in [0.29, 0.717) is 23.1 Å². The Bertz CT molecular complexity index is 923. The Kier molecular flexibility index (Phi) is 6.97. The highest BCUT2D eigenvalue weighted by Crippen LogP contribution is 2.26. The topological polar surface area (TPSA) is 112 Å². The Morgan fingerprint density at radius 3 is 2.50 bits per heavy atom. The van der Waals surface area contributed by atoms with Gasteiger partial charge in [0.05, 0.1) is 5.69 Å². The van der Waals surface area contributed by atoms with Crippen molar-refractivity contribution in [1.82, 2.24) is 10.3 Å². The van der Waals surface area contributed by atoms with Crippen molar-refractivity contribution in [3.8, 4) is 5.75 Å². The van der Waals surface area contributed by atoms with Crippen LogP contribution in [0.5, 0.6) is 5.75 Å². The highest BCUT2D eigenvalue weighted by atomic mass is 16.5. The molecule has 0 aliphatic carbocycles. The number of aromatic nitrogens is 1. The van der Waals surface area contributed by atoms with E-state index in [1.807, 2.05) is 0 Å². The zero-order chi connectivity index (χ0) is 20.7. The minimum atomic E-state index is -0.548. The molecule has 8 heteroatoms. The number of amides is 1. The average molecular weight is 384 g/mol. The molecule has 0 aliphatic heterocycles. The second kappa shape index (κ2) is 9.40. The van der Waals surface area contributed by atoms with E-state index in [4.69, 9.17) is 9.47 Å². The van der Waals surface area contributed by atoms with E-state index in [9.17, 15) is 19.2 Å². The summed E-state index contributed by atoms with van der Waals surface area (Å²) in [4.78, 5) is 50.4. The van der Waals surface area contributed by atoms with Crippen LogP contribution in [-0.4, -0.2) is 29.1 Å². The molecule has 1 N–H and O–H groups in total. The fraction of sp³-hybridized carbons (Fsp3) is 0.250. The van der Waals surface area contributed by atoms with Crippen LogP contribution in [0.2, 0.25) is 0 Å². The molecule has 8 nitrogen and oxygen atoms in total. The molecule has 1 heterocycles. The lowest BCUT2D eigenvalue weighted by molar-refractivity contribution is -0.142. The molecule has 0 fully saturated rings. The Hall–Kier alpha value is -3.55. The van der Waals surface area contributed by atoms with E-state index in [1.165, 1.54) is 32.2 Å². The van der Waals surface area contributed by atoms with Crippen LogP contribution >= 0.6 is 0 Å². The Balaban J connectivity index is 2.34. The maximum Gasteiger partial charge on any atom is 0.308 e. The summed E-state index contributed by atoms with van der Waals surface area (Å²) in [5, 5.41) is 2.70. The predicted octanol–water partition coefficient (Wildman–Crippen LogP) is 2.12. The minimum Gasteiger partial charge on any atom is -0.461 e. The zero-order valence-electron chi connectivity index (χ0n) is 15.8. The van der Waals surface area contributed by atoms with Crippen molar-refractivity contribution in [2.45, 2.75) is 33.9 Å². The maximum atomic E-state index is 12.5. The smallest absolute Gasteiger partial charge is 0.308 e. The highest BCUT2D eigenvalue weighted by Gasteiger charge is 2.18. The molecule has 0 radical (unpaired) electrons. The highest BCUT2D eigenvalue weighted by molar-refractivity contribution is 6.01. The number of nitrogens with zero attached hydrogens (tertiary/aromatic N) is 1. The van der Waals surface area contributed by atoms with Crippen LogP contribution in [0.1, 0.15) is 51.4 Å². The monoisotopic (exact) mass is 384 g/mol. The molecule has 1 amide bonds. The van der Waals surface area contributed by atoms with E-state index < -0.39 is 17.8 Å². The summed E-state index contributed by atoms with van der Waals surface area (Å²) in [5.74, 6) is -1.30. The van der Waals surface area contributed by atoms with Gasteiger partial charge in [0.15, 0.2) is 12.0 Å². The molecule has 2 aromatic rings. The van der Waals surface area contributed by atoms with Gasteiger partial charge in [-0.15, -0.1) is 0 Å². The van der Waals surface area contributed by atoms with Crippen LogP contribution in [0.4, 0.5) is 0 Å². The molecular formula is C20H20N2O6. The van der Waals surface area contributed by atoms with Crippen LogP contribution in [0.25, 0.3) is 0 Å². The molecular weight excluding hydrogens is 364 g/mol. The SMILES string of the molecule is CC(=O)OCc1cnc(C)c(OC(C)=O)c1CNC(=O)c1ccccc1C=O. The molecule has 1 aromatic heterocycles. The van der Waals surface area contributed by atoms with Gasteiger partial charge in [-0.3, -0.25) is 24.2 Å². The molecule has 0 saturated heterocycles. The van der Waals surface area contributed by atoms with Gasteiger partial charge in [0.25, 0.3) is 5.91 Å². The summed E-state index contributed by atoms with van der Waals surface area (Å²) in [7, 11) is 0. The van der Waals surface area contributed by atoms with Crippen LogP contribution in [-0.2, 0) is 27.5 Å². The number of carbonyl (C=O) groups is 4. The summed E-state index contributed by atoms with van der Waals surface area (Å²) in [6.07, 6.45) is 2.09. The maximum absolute atomic E-state index is 12.5. The second-order valence-corrected chi connectivity index (χ2v) is 5.94. The molecule has 0 saturated carbocycles. The number of esters is 2. The summed E-state index contributed by atoms with van der Waals surface area (Å²) < 4.78 is 10.3. The third kappa shape index (κ3) is 5.23. The van der Waals surface area contributed by atoms with Crippen molar-refractivity contribution in [3.63, 3.8) is 0 Å². The van der Waals surface area contributed by atoms with Gasteiger partial charge in [0, 0.05) is 48.8 Å². The standard InChI is InChI=1S/C20H20N2O6/c1-12-19(28-14(3)25)18(16(8-21-12)11-27-13(2)24)9-22-20(26)17-7-5-4-6-15(17)10-23/h4-8,10H,9,11H2,1-3H3,(H,22,26). The van der Waals surface area contributed by atoms with Crippen molar-refractivity contribution < 1.29 is 28.7 Å². The van der Waals surface area contributed by atoms with Gasteiger partial charge < -0.3 is 14.8 Å². The van der Waals surface area contributed by atoms with E-state index in [0.717, 1.165) is 0 Å². The number of rotatable bonds is 7. The number of aldehydes is 1. The number of pyridine rings is 1. The summed E-state index contributed by atoms with van der Waals surface area (Å²) >= 11 is 0. The number of hydrogen-bond acceptors (Lipinski definition) is 7. The quantitative estimate of drug-likeness (QED) is 0.575. The molecule has 1 aromatic carbocycles. The lowest BCUT2D eigenvalue weighted by Gasteiger charge is -2.16. The van der Waals surface area contributed by atoms with Gasteiger partial charge in [-0.05, 0) is 13.0 Å². The zero-order valence-corrected chi connectivity index (χ0v) is 15.8. The van der Waals surface area contributed by atoms with Crippen molar-refractivity contribution in [2.24, 2.45) is 0 Å². The lowest BCUT2D eigenvalue weighted by Crippen LogP contribution is -2.25.